The molecule has 2 N–H and O–H groups in total. The van der Waals surface area contributed by atoms with Crippen molar-refractivity contribution in [3.8, 4) is 5.75 Å². The molecule has 3 aromatic rings. The summed E-state index contributed by atoms with van der Waals surface area (Å²) in [5.41, 5.74) is 4.56. The van der Waals surface area contributed by atoms with Gasteiger partial charge in [-0.15, -0.1) is 0 Å². The van der Waals surface area contributed by atoms with Crippen molar-refractivity contribution < 1.29 is 4.84 Å². The average molecular weight is 331 g/mol. The van der Waals surface area contributed by atoms with E-state index in [9.17, 15) is 0 Å². The fourth-order valence-electron chi connectivity index (χ4n) is 2.88. The van der Waals surface area contributed by atoms with Crippen LogP contribution in [0.4, 0.5) is 0 Å². The molecule has 128 valence electrons. The predicted molar refractivity (Wildman–Crippen MR) is 107 cm³/mol. The Morgan fingerprint density at radius 3 is 1.76 bits per heavy atom. The molecule has 0 radical (unpaired) electrons. The van der Waals surface area contributed by atoms with E-state index in [4.69, 9.17) is 10.7 Å². The number of rotatable bonds is 5. The van der Waals surface area contributed by atoms with E-state index in [1.807, 2.05) is 32.0 Å². The smallest absolute Gasteiger partial charge is 0.154 e. The van der Waals surface area contributed by atoms with Crippen molar-refractivity contribution in [3.63, 3.8) is 0 Å². The van der Waals surface area contributed by atoms with Crippen molar-refractivity contribution in [3.05, 3.63) is 108 Å². The van der Waals surface area contributed by atoms with Crippen molar-refractivity contribution in [2.45, 2.75) is 19.8 Å². The number of nitrogens with two attached hydrogens (primary N) is 1. The minimum Gasteiger partial charge on any atom is -0.411 e. The second-order valence-corrected chi connectivity index (χ2v) is 5.37. The molecule has 0 spiro atoms. The van der Waals surface area contributed by atoms with Crippen LogP contribution in [0.25, 0.3) is 6.08 Å². The Morgan fingerprint density at radius 2 is 1.32 bits per heavy atom. The summed E-state index contributed by atoms with van der Waals surface area (Å²) >= 11 is 0. The first-order chi connectivity index (χ1) is 12.3. The molecule has 0 aliphatic heterocycles. The summed E-state index contributed by atoms with van der Waals surface area (Å²) in [6, 6.07) is 27.0. The van der Waals surface area contributed by atoms with Crippen LogP contribution < -0.4 is 10.7 Å². The second-order valence-electron chi connectivity index (χ2n) is 5.37. The van der Waals surface area contributed by atoms with Crippen molar-refractivity contribution in [2.75, 3.05) is 0 Å². The molecule has 0 aliphatic carbocycles. The highest BCUT2D eigenvalue weighted by molar-refractivity contribution is 5.59. The largest absolute Gasteiger partial charge is 0.411 e. The molecule has 3 aromatic carbocycles. The van der Waals surface area contributed by atoms with Crippen LogP contribution in [0.15, 0.2) is 85.4 Å². The highest BCUT2D eigenvalue weighted by Crippen LogP contribution is 2.34. The lowest BCUT2D eigenvalue weighted by Gasteiger charge is -2.20. The Kier molecular flexibility index (Phi) is 7.00. The van der Waals surface area contributed by atoms with E-state index < -0.39 is 0 Å². The molecule has 0 saturated heterocycles. The monoisotopic (exact) mass is 331 g/mol. The lowest BCUT2D eigenvalue weighted by atomic mass is 9.84. The van der Waals surface area contributed by atoms with Gasteiger partial charge in [0.2, 0.25) is 0 Å². The van der Waals surface area contributed by atoms with Crippen molar-refractivity contribution in [1.29, 1.82) is 0 Å². The van der Waals surface area contributed by atoms with E-state index in [2.05, 4.69) is 67.2 Å². The minimum atomic E-state index is 0.155. The molecule has 2 nitrogen and oxygen atoms in total. The molecule has 0 atom stereocenters. The van der Waals surface area contributed by atoms with E-state index in [-0.39, 0.29) is 5.92 Å². The fourth-order valence-corrected chi connectivity index (χ4v) is 2.88. The lowest BCUT2D eigenvalue weighted by molar-refractivity contribution is 0.333. The van der Waals surface area contributed by atoms with Crippen LogP contribution in [-0.2, 0) is 0 Å². The normalized spacial score (nSPS) is 9.92. The highest BCUT2D eigenvalue weighted by atomic mass is 16.6. The lowest BCUT2D eigenvalue weighted by Crippen LogP contribution is -2.06. The zero-order chi connectivity index (χ0) is 18.1. The average Bonchev–Trinajstić information content (AvgIpc) is 2.71. The first-order valence-electron chi connectivity index (χ1n) is 8.56. The van der Waals surface area contributed by atoms with Gasteiger partial charge in [-0.2, -0.15) is 5.90 Å². The maximum atomic E-state index is 5.33. The third-order valence-electron chi connectivity index (χ3n) is 3.98. The zero-order valence-electron chi connectivity index (χ0n) is 14.9. The van der Waals surface area contributed by atoms with Gasteiger partial charge in [0.25, 0.3) is 0 Å². The van der Waals surface area contributed by atoms with Gasteiger partial charge in [0.1, 0.15) is 0 Å². The molecule has 0 amide bonds. The summed E-state index contributed by atoms with van der Waals surface area (Å²) in [6.07, 6.45) is 1.76. The minimum absolute atomic E-state index is 0.155. The molecular formula is C23H25NO. The molecule has 0 heterocycles. The molecule has 0 bridgehead atoms. The van der Waals surface area contributed by atoms with Crippen LogP contribution in [0, 0.1) is 0 Å². The molecule has 25 heavy (non-hydrogen) atoms. The molecule has 0 saturated carbocycles. The summed E-state index contributed by atoms with van der Waals surface area (Å²) < 4.78 is 0. The first kappa shape index (κ1) is 18.5. The third kappa shape index (κ3) is 4.37. The fraction of sp³-hybridized carbons (Fsp3) is 0.130. The molecular weight excluding hydrogens is 306 g/mol. The van der Waals surface area contributed by atoms with Gasteiger partial charge in [0, 0.05) is 11.5 Å². The molecule has 0 fully saturated rings. The van der Waals surface area contributed by atoms with Gasteiger partial charge in [-0.3, -0.25) is 0 Å². The number of hydrogen-bond donors (Lipinski definition) is 1. The first-order valence-corrected chi connectivity index (χ1v) is 8.56. The Balaban J connectivity index is 0.00000109. The van der Waals surface area contributed by atoms with Gasteiger partial charge in [-0.1, -0.05) is 93.2 Å². The van der Waals surface area contributed by atoms with Gasteiger partial charge in [0.15, 0.2) is 5.75 Å². The predicted octanol–water partition coefficient (Wildman–Crippen LogP) is 5.79. The standard InChI is InChI=1S/C21H19NO.C2H6/c1-2-16-15-19(13-14-20(16)23-22)21(17-9-5-3-6-10-17)18-11-7-4-8-12-18;1-2/h2-15,21H,1,22H2;1-2H3. The van der Waals surface area contributed by atoms with E-state index in [0.717, 1.165) is 5.56 Å². The van der Waals surface area contributed by atoms with Gasteiger partial charge in [-0.05, 0) is 28.8 Å². The number of hydrogen-bond acceptors (Lipinski definition) is 2. The Hall–Kier alpha value is -2.84. The van der Waals surface area contributed by atoms with Gasteiger partial charge >= 0.3 is 0 Å². The highest BCUT2D eigenvalue weighted by Gasteiger charge is 2.17. The van der Waals surface area contributed by atoms with Gasteiger partial charge < -0.3 is 4.84 Å². The summed E-state index contributed by atoms with van der Waals surface area (Å²) in [4.78, 5) is 4.91. The molecule has 0 aliphatic rings. The Labute approximate surface area is 150 Å². The van der Waals surface area contributed by atoms with Crippen LogP contribution in [0.2, 0.25) is 0 Å². The molecule has 0 unspecified atom stereocenters. The maximum Gasteiger partial charge on any atom is 0.154 e. The summed E-state index contributed by atoms with van der Waals surface area (Å²) in [6.45, 7) is 7.85. The summed E-state index contributed by atoms with van der Waals surface area (Å²) in [5.74, 6) is 6.11. The van der Waals surface area contributed by atoms with E-state index in [0.29, 0.717) is 5.75 Å². The molecule has 0 aromatic heterocycles. The van der Waals surface area contributed by atoms with Crippen molar-refractivity contribution in [2.24, 2.45) is 5.90 Å². The van der Waals surface area contributed by atoms with Gasteiger partial charge in [-0.25, -0.2) is 0 Å². The van der Waals surface area contributed by atoms with Crippen molar-refractivity contribution in [1.82, 2.24) is 0 Å². The molecule has 3 rings (SSSR count). The van der Waals surface area contributed by atoms with Crippen LogP contribution in [-0.4, -0.2) is 0 Å². The maximum absolute atomic E-state index is 5.33. The quantitative estimate of drug-likeness (QED) is 0.474. The zero-order valence-corrected chi connectivity index (χ0v) is 14.9. The van der Waals surface area contributed by atoms with Crippen LogP contribution in [0.5, 0.6) is 5.75 Å². The van der Waals surface area contributed by atoms with Gasteiger partial charge in [0.05, 0.1) is 0 Å². The Morgan fingerprint density at radius 1 is 0.800 bits per heavy atom. The summed E-state index contributed by atoms with van der Waals surface area (Å²) in [7, 11) is 0. The van der Waals surface area contributed by atoms with E-state index in [1.165, 1.54) is 16.7 Å². The topological polar surface area (TPSA) is 35.2 Å². The molecule has 2 heteroatoms. The second kappa shape index (κ2) is 9.45. The Bertz CT molecular complexity index is 742. The SMILES string of the molecule is C=Cc1cc(C(c2ccccc2)c2ccccc2)ccc1ON.CC. The van der Waals surface area contributed by atoms with E-state index >= 15 is 0 Å². The van der Waals surface area contributed by atoms with Crippen LogP contribution in [0.1, 0.15) is 42.0 Å². The number of benzene rings is 3. The van der Waals surface area contributed by atoms with Crippen molar-refractivity contribution >= 4 is 6.08 Å². The van der Waals surface area contributed by atoms with Crippen LogP contribution >= 0.6 is 0 Å². The van der Waals surface area contributed by atoms with E-state index in [1.54, 1.807) is 6.08 Å². The summed E-state index contributed by atoms with van der Waals surface area (Å²) in [5, 5.41) is 0. The van der Waals surface area contributed by atoms with Crippen LogP contribution in [0.3, 0.4) is 0 Å². The third-order valence-corrected chi connectivity index (χ3v) is 3.98.